The van der Waals surface area contributed by atoms with Crippen molar-refractivity contribution in [2.24, 2.45) is 0 Å². The number of amides is 1. The Morgan fingerprint density at radius 2 is 2.03 bits per heavy atom. The van der Waals surface area contributed by atoms with E-state index in [9.17, 15) is 9.59 Å². The molecule has 2 aromatic carbocycles. The van der Waals surface area contributed by atoms with E-state index in [0.717, 1.165) is 0 Å². The molecular formula is C21H19ClN2O5. The SMILES string of the molecule is COc1ccc(OC)c(NC(=O)c2cn3c4c(ccc(Cl)c4c2=O)OC(C)C3)c1. The highest BCUT2D eigenvalue weighted by Crippen LogP contribution is 2.34. The Labute approximate surface area is 171 Å². The maximum Gasteiger partial charge on any atom is 0.261 e. The molecule has 0 radical (unpaired) electrons. The number of nitrogens with one attached hydrogen (secondary N) is 1. The van der Waals surface area contributed by atoms with Crippen LogP contribution in [0.4, 0.5) is 5.69 Å². The van der Waals surface area contributed by atoms with Gasteiger partial charge in [-0.05, 0) is 31.2 Å². The molecule has 7 nitrogen and oxygen atoms in total. The lowest BCUT2D eigenvalue weighted by Crippen LogP contribution is -2.30. The third-order valence-electron chi connectivity index (χ3n) is 4.82. The Kier molecular flexibility index (Phi) is 4.84. The minimum atomic E-state index is -0.562. The van der Waals surface area contributed by atoms with Gasteiger partial charge in [0, 0.05) is 12.3 Å². The number of hydrogen-bond acceptors (Lipinski definition) is 5. The summed E-state index contributed by atoms with van der Waals surface area (Å²) in [4.78, 5) is 26.1. The van der Waals surface area contributed by atoms with Crippen LogP contribution in [0, 0.1) is 0 Å². The van der Waals surface area contributed by atoms with Crippen molar-refractivity contribution in [1.29, 1.82) is 0 Å². The molecule has 8 heteroatoms. The summed E-state index contributed by atoms with van der Waals surface area (Å²) in [6.45, 7) is 2.41. The lowest BCUT2D eigenvalue weighted by molar-refractivity contribution is 0.102. The van der Waals surface area contributed by atoms with Crippen molar-refractivity contribution in [2.75, 3.05) is 19.5 Å². The van der Waals surface area contributed by atoms with Crippen LogP contribution in [0.1, 0.15) is 17.3 Å². The van der Waals surface area contributed by atoms with E-state index < -0.39 is 11.3 Å². The molecule has 1 unspecified atom stereocenters. The van der Waals surface area contributed by atoms with Crippen LogP contribution in [0.15, 0.2) is 41.3 Å². The first-order valence-corrected chi connectivity index (χ1v) is 9.36. The van der Waals surface area contributed by atoms with Crippen LogP contribution >= 0.6 is 11.6 Å². The highest BCUT2D eigenvalue weighted by molar-refractivity contribution is 6.35. The Balaban J connectivity index is 1.83. The van der Waals surface area contributed by atoms with E-state index in [4.69, 9.17) is 25.8 Å². The van der Waals surface area contributed by atoms with Crippen LogP contribution in [-0.2, 0) is 6.54 Å². The molecule has 150 valence electrons. The van der Waals surface area contributed by atoms with Crippen molar-refractivity contribution in [3.05, 3.63) is 57.3 Å². The lowest BCUT2D eigenvalue weighted by Gasteiger charge is -2.26. The number of hydrogen-bond donors (Lipinski definition) is 1. The average molecular weight is 415 g/mol. The Morgan fingerprint density at radius 3 is 2.76 bits per heavy atom. The van der Waals surface area contributed by atoms with Crippen molar-refractivity contribution in [2.45, 2.75) is 19.6 Å². The van der Waals surface area contributed by atoms with E-state index in [2.05, 4.69) is 5.32 Å². The van der Waals surface area contributed by atoms with Crippen LogP contribution in [0.2, 0.25) is 5.02 Å². The van der Waals surface area contributed by atoms with Gasteiger partial charge in [-0.3, -0.25) is 9.59 Å². The lowest BCUT2D eigenvalue weighted by atomic mass is 10.1. The summed E-state index contributed by atoms with van der Waals surface area (Å²) in [6, 6.07) is 8.35. The molecule has 1 aliphatic rings. The molecular weight excluding hydrogens is 396 g/mol. The zero-order chi connectivity index (χ0) is 20.7. The minimum absolute atomic E-state index is 0.0180. The van der Waals surface area contributed by atoms with Gasteiger partial charge in [-0.25, -0.2) is 0 Å². The number of benzene rings is 2. The molecule has 0 aliphatic carbocycles. The molecule has 3 aromatic rings. The van der Waals surface area contributed by atoms with Gasteiger partial charge in [0.25, 0.3) is 5.91 Å². The van der Waals surface area contributed by atoms with Crippen LogP contribution in [0.25, 0.3) is 10.9 Å². The zero-order valence-electron chi connectivity index (χ0n) is 16.1. The molecule has 0 fully saturated rings. The Hall–Kier alpha value is -3.19. The number of pyridine rings is 1. The Bertz CT molecular complexity index is 1190. The van der Waals surface area contributed by atoms with Gasteiger partial charge in [-0.2, -0.15) is 0 Å². The molecule has 0 bridgehead atoms. The van der Waals surface area contributed by atoms with Crippen molar-refractivity contribution in [1.82, 2.24) is 4.57 Å². The summed E-state index contributed by atoms with van der Waals surface area (Å²) in [7, 11) is 3.02. The van der Waals surface area contributed by atoms with E-state index in [1.165, 1.54) is 14.2 Å². The van der Waals surface area contributed by atoms with Crippen molar-refractivity contribution in [3.63, 3.8) is 0 Å². The smallest absolute Gasteiger partial charge is 0.261 e. The number of rotatable bonds is 4. The van der Waals surface area contributed by atoms with E-state index in [-0.39, 0.29) is 22.1 Å². The quantitative estimate of drug-likeness (QED) is 0.704. The van der Waals surface area contributed by atoms with E-state index >= 15 is 0 Å². The number of anilines is 1. The van der Waals surface area contributed by atoms with Crippen molar-refractivity contribution < 1.29 is 19.0 Å². The Morgan fingerprint density at radius 1 is 1.24 bits per heavy atom. The largest absolute Gasteiger partial charge is 0.497 e. The molecule has 1 aliphatic heterocycles. The van der Waals surface area contributed by atoms with Gasteiger partial charge in [0.15, 0.2) is 0 Å². The third-order valence-corrected chi connectivity index (χ3v) is 5.13. The number of aromatic nitrogens is 1. The topological polar surface area (TPSA) is 78.8 Å². The highest BCUT2D eigenvalue weighted by atomic mass is 35.5. The van der Waals surface area contributed by atoms with Gasteiger partial charge < -0.3 is 24.1 Å². The van der Waals surface area contributed by atoms with E-state index in [1.54, 1.807) is 36.5 Å². The van der Waals surface area contributed by atoms with Gasteiger partial charge in [0.05, 0.1) is 42.4 Å². The first kappa shape index (κ1) is 19.1. The number of ether oxygens (including phenoxy) is 3. The summed E-state index contributed by atoms with van der Waals surface area (Å²) in [6.07, 6.45) is 1.44. The first-order chi connectivity index (χ1) is 13.9. The molecule has 0 saturated heterocycles. The number of nitrogens with zero attached hydrogens (tertiary/aromatic N) is 1. The van der Waals surface area contributed by atoms with Gasteiger partial charge in [0.1, 0.15) is 28.9 Å². The van der Waals surface area contributed by atoms with Gasteiger partial charge >= 0.3 is 0 Å². The number of methoxy groups -OCH3 is 2. The normalized spacial score (nSPS) is 15.0. The minimum Gasteiger partial charge on any atom is -0.497 e. The zero-order valence-corrected chi connectivity index (χ0v) is 16.9. The molecule has 29 heavy (non-hydrogen) atoms. The summed E-state index contributed by atoms with van der Waals surface area (Å²) >= 11 is 6.31. The molecule has 1 amide bonds. The molecule has 2 heterocycles. The number of halogens is 1. The molecule has 1 N–H and O–H groups in total. The van der Waals surface area contributed by atoms with Gasteiger partial charge in [-0.1, -0.05) is 11.6 Å². The van der Waals surface area contributed by atoms with E-state index in [0.29, 0.717) is 35.0 Å². The van der Waals surface area contributed by atoms with Crippen LogP contribution in [-0.4, -0.2) is 30.8 Å². The second-order valence-electron chi connectivity index (χ2n) is 6.74. The summed E-state index contributed by atoms with van der Waals surface area (Å²) in [5.41, 5.74) is 0.513. The van der Waals surface area contributed by atoms with Gasteiger partial charge in [0.2, 0.25) is 5.43 Å². The molecule has 1 atom stereocenters. The van der Waals surface area contributed by atoms with E-state index in [1.807, 2.05) is 11.5 Å². The predicted molar refractivity (Wildman–Crippen MR) is 111 cm³/mol. The third kappa shape index (κ3) is 3.27. The summed E-state index contributed by atoms with van der Waals surface area (Å²) in [5.74, 6) is 1.00. The number of carbonyl (C=O) groups excluding carboxylic acids is 1. The summed E-state index contributed by atoms with van der Waals surface area (Å²) in [5, 5.41) is 3.28. The second kappa shape index (κ2) is 7.33. The first-order valence-electron chi connectivity index (χ1n) is 8.98. The maximum absolute atomic E-state index is 13.1. The molecule has 0 spiro atoms. The maximum atomic E-state index is 13.1. The number of carbonyl (C=O) groups is 1. The van der Waals surface area contributed by atoms with Crippen molar-refractivity contribution >= 4 is 34.1 Å². The fourth-order valence-electron chi connectivity index (χ4n) is 3.50. The highest BCUT2D eigenvalue weighted by Gasteiger charge is 2.25. The predicted octanol–water partition coefficient (Wildman–Crippen LogP) is 3.71. The van der Waals surface area contributed by atoms with Crippen LogP contribution < -0.4 is 25.0 Å². The monoisotopic (exact) mass is 414 g/mol. The van der Waals surface area contributed by atoms with Crippen LogP contribution in [0.5, 0.6) is 17.2 Å². The fraction of sp³-hybridized carbons (Fsp3) is 0.238. The molecule has 4 rings (SSSR count). The fourth-order valence-corrected chi connectivity index (χ4v) is 3.73. The average Bonchev–Trinajstić information content (AvgIpc) is 2.71. The second-order valence-corrected chi connectivity index (χ2v) is 7.15. The molecule has 1 aromatic heterocycles. The molecule has 0 saturated carbocycles. The van der Waals surface area contributed by atoms with Crippen molar-refractivity contribution in [3.8, 4) is 17.2 Å². The van der Waals surface area contributed by atoms with Gasteiger partial charge in [-0.15, -0.1) is 0 Å². The van der Waals surface area contributed by atoms with Crippen LogP contribution in [0.3, 0.4) is 0 Å². The standard InChI is InChI=1S/C21H19ClN2O5/c1-11-9-24-10-13(20(25)18-14(22)5-7-17(29-11)19(18)24)21(26)23-15-8-12(27-2)4-6-16(15)28-3/h4-8,10-11H,9H2,1-3H3,(H,23,26). The summed E-state index contributed by atoms with van der Waals surface area (Å²) < 4.78 is 18.2.